The van der Waals surface area contributed by atoms with Gasteiger partial charge in [-0.1, -0.05) is 6.07 Å². The highest BCUT2D eigenvalue weighted by Crippen LogP contribution is 2.00. The van der Waals surface area contributed by atoms with Crippen molar-refractivity contribution < 1.29 is 5.11 Å². The van der Waals surface area contributed by atoms with Crippen molar-refractivity contribution in [3.63, 3.8) is 0 Å². The van der Waals surface area contributed by atoms with Crippen molar-refractivity contribution in [3.8, 4) is 5.75 Å². The van der Waals surface area contributed by atoms with Gasteiger partial charge in [0.1, 0.15) is 5.75 Å². The van der Waals surface area contributed by atoms with E-state index in [1.807, 2.05) is 18.2 Å². The molecular formula is C9H10N2O. The third-order valence-corrected chi connectivity index (χ3v) is 1.15. The van der Waals surface area contributed by atoms with Crippen LogP contribution in [0.2, 0.25) is 0 Å². The SMILES string of the molecule is Oc1cc[nH]c1.c1ccncc1. The van der Waals surface area contributed by atoms with Gasteiger partial charge in [-0.05, 0) is 18.2 Å². The predicted octanol–water partition coefficient (Wildman–Crippen LogP) is 1.80. The van der Waals surface area contributed by atoms with E-state index < -0.39 is 0 Å². The number of nitrogens with zero attached hydrogens (tertiary/aromatic N) is 1. The number of aromatic hydroxyl groups is 1. The molecule has 0 atom stereocenters. The number of hydrogen-bond acceptors (Lipinski definition) is 2. The fraction of sp³-hybridized carbons (Fsp3) is 0. The number of rotatable bonds is 0. The Morgan fingerprint density at radius 1 is 1.17 bits per heavy atom. The molecule has 0 spiro atoms. The molecule has 0 saturated carbocycles. The number of aromatic amines is 1. The van der Waals surface area contributed by atoms with Crippen LogP contribution in [0.1, 0.15) is 0 Å². The van der Waals surface area contributed by atoms with E-state index in [9.17, 15) is 0 Å². The highest BCUT2D eigenvalue weighted by atomic mass is 16.3. The maximum Gasteiger partial charge on any atom is 0.132 e. The van der Waals surface area contributed by atoms with E-state index in [2.05, 4.69) is 9.97 Å². The number of hydrogen-bond donors (Lipinski definition) is 2. The summed E-state index contributed by atoms with van der Waals surface area (Å²) in [6.45, 7) is 0. The molecule has 2 aromatic heterocycles. The fourth-order valence-electron chi connectivity index (χ4n) is 0.628. The molecule has 0 saturated heterocycles. The van der Waals surface area contributed by atoms with Gasteiger partial charge in [-0.25, -0.2) is 0 Å². The van der Waals surface area contributed by atoms with Gasteiger partial charge >= 0.3 is 0 Å². The Labute approximate surface area is 70.7 Å². The molecule has 3 heteroatoms. The second kappa shape index (κ2) is 4.96. The summed E-state index contributed by atoms with van der Waals surface area (Å²) in [4.78, 5) is 6.46. The Kier molecular flexibility index (Phi) is 3.44. The quantitative estimate of drug-likeness (QED) is 0.620. The first-order valence-corrected chi connectivity index (χ1v) is 3.56. The summed E-state index contributed by atoms with van der Waals surface area (Å²) in [5.41, 5.74) is 0. The number of nitrogens with one attached hydrogen (secondary N) is 1. The van der Waals surface area contributed by atoms with E-state index in [0.29, 0.717) is 0 Å². The van der Waals surface area contributed by atoms with Crippen molar-refractivity contribution in [2.24, 2.45) is 0 Å². The molecule has 2 rings (SSSR count). The van der Waals surface area contributed by atoms with Crippen LogP contribution >= 0.6 is 0 Å². The zero-order valence-electron chi connectivity index (χ0n) is 6.51. The number of H-pyrrole nitrogens is 1. The van der Waals surface area contributed by atoms with Crippen LogP contribution in [0, 0.1) is 0 Å². The van der Waals surface area contributed by atoms with Gasteiger partial charge in [-0.15, -0.1) is 0 Å². The lowest BCUT2D eigenvalue weighted by molar-refractivity contribution is 0.476. The first kappa shape index (κ1) is 8.33. The third-order valence-electron chi connectivity index (χ3n) is 1.15. The molecule has 2 aromatic rings. The van der Waals surface area contributed by atoms with Gasteiger partial charge in [-0.2, -0.15) is 0 Å². The minimum atomic E-state index is 0.287. The lowest BCUT2D eigenvalue weighted by Gasteiger charge is -1.70. The first-order valence-electron chi connectivity index (χ1n) is 3.56. The summed E-state index contributed by atoms with van der Waals surface area (Å²) in [6.07, 6.45) is 6.68. The van der Waals surface area contributed by atoms with E-state index in [-0.39, 0.29) is 5.75 Å². The van der Waals surface area contributed by atoms with Crippen LogP contribution in [0.25, 0.3) is 0 Å². The second-order valence-electron chi connectivity index (χ2n) is 2.09. The van der Waals surface area contributed by atoms with Crippen LogP contribution in [0.15, 0.2) is 49.1 Å². The van der Waals surface area contributed by atoms with Crippen LogP contribution in [0.4, 0.5) is 0 Å². The van der Waals surface area contributed by atoms with Crippen molar-refractivity contribution in [2.45, 2.75) is 0 Å². The highest BCUT2D eigenvalue weighted by Gasteiger charge is 1.76. The molecule has 2 N–H and O–H groups in total. The van der Waals surface area contributed by atoms with Gasteiger partial charge in [-0.3, -0.25) is 4.98 Å². The molecule has 3 nitrogen and oxygen atoms in total. The van der Waals surface area contributed by atoms with Crippen molar-refractivity contribution in [1.82, 2.24) is 9.97 Å². The molecule has 0 bridgehead atoms. The third kappa shape index (κ3) is 3.41. The van der Waals surface area contributed by atoms with Gasteiger partial charge in [0.25, 0.3) is 0 Å². The molecule has 0 aliphatic rings. The van der Waals surface area contributed by atoms with Crippen molar-refractivity contribution in [3.05, 3.63) is 49.1 Å². The lowest BCUT2D eigenvalue weighted by Crippen LogP contribution is -1.58. The van der Waals surface area contributed by atoms with Gasteiger partial charge in [0.15, 0.2) is 0 Å². The van der Waals surface area contributed by atoms with E-state index in [4.69, 9.17) is 5.11 Å². The molecule has 0 aliphatic heterocycles. The van der Waals surface area contributed by atoms with Gasteiger partial charge in [0.2, 0.25) is 0 Å². The van der Waals surface area contributed by atoms with Crippen LogP contribution < -0.4 is 0 Å². The average Bonchev–Trinajstić information content (AvgIpc) is 2.60. The molecule has 0 amide bonds. The molecule has 0 unspecified atom stereocenters. The molecule has 0 aromatic carbocycles. The Bertz CT molecular complexity index is 252. The summed E-state index contributed by atoms with van der Waals surface area (Å²) in [6, 6.07) is 7.30. The summed E-state index contributed by atoms with van der Waals surface area (Å²) in [7, 11) is 0. The monoisotopic (exact) mass is 162 g/mol. The zero-order valence-corrected chi connectivity index (χ0v) is 6.51. The minimum absolute atomic E-state index is 0.287. The standard InChI is InChI=1S/C5H5N.C4H5NO/c1-2-4-6-5-3-1;6-4-1-2-5-3-4/h1-5H;1-3,5-6H. The second-order valence-corrected chi connectivity index (χ2v) is 2.09. The van der Waals surface area contributed by atoms with Crippen LogP contribution in [-0.2, 0) is 0 Å². The van der Waals surface area contributed by atoms with Crippen LogP contribution in [-0.4, -0.2) is 15.1 Å². The Morgan fingerprint density at radius 3 is 2.08 bits per heavy atom. The molecule has 2 heterocycles. The summed E-state index contributed by atoms with van der Waals surface area (Å²) < 4.78 is 0. The molecule has 0 aliphatic carbocycles. The number of aromatic nitrogens is 2. The van der Waals surface area contributed by atoms with Gasteiger partial charge in [0, 0.05) is 24.8 Å². The zero-order chi connectivity index (χ0) is 8.65. The largest absolute Gasteiger partial charge is 0.506 e. The summed E-state index contributed by atoms with van der Waals surface area (Å²) in [5.74, 6) is 0.287. The smallest absolute Gasteiger partial charge is 0.132 e. The van der Waals surface area contributed by atoms with E-state index in [1.54, 1.807) is 24.7 Å². The molecule has 62 valence electrons. The molecule has 0 radical (unpaired) electrons. The highest BCUT2D eigenvalue weighted by molar-refractivity contribution is 5.12. The van der Waals surface area contributed by atoms with Gasteiger partial charge in [0.05, 0.1) is 0 Å². The molecule has 12 heavy (non-hydrogen) atoms. The minimum Gasteiger partial charge on any atom is -0.506 e. The van der Waals surface area contributed by atoms with Gasteiger partial charge < -0.3 is 10.1 Å². The summed E-state index contributed by atoms with van der Waals surface area (Å²) >= 11 is 0. The average molecular weight is 162 g/mol. The normalized spacial score (nSPS) is 8.33. The maximum absolute atomic E-state index is 8.44. The van der Waals surface area contributed by atoms with Crippen LogP contribution in [0.5, 0.6) is 5.75 Å². The molecular weight excluding hydrogens is 152 g/mol. The number of pyridine rings is 1. The van der Waals surface area contributed by atoms with Crippen molar-refractivity contribution in [2.75, 3.05) is 0 Å². The van der Waals surface area contributed by atoms with Crippen molar-refractivity contribution in [1.29, 1.82) is 0 Å². The Morgan fingerprint density at radius 2 is 1.92 bits per heavy atom. The fourth-order valence-corrected chi connectivity index (χ4v) is 0.628. The lowest BCUT2D eigenvalue weighted by atomic mass is 10.5. The Hall–Kier alpha value is -1.77. The van der Waals surface area contributed by atoms with E-state index in [0.717, 1.165) is 0 Å². The van der Waals surface area contributed by atoms with E-state index in [1.165, 1.54) is 6.20 Å². The Balaban J connectivity index is 0.000000120. The van der Waals surface area contributed by atoms with Crippen molar-refractivity contribution >= 4 is 0 Å². The van der Waals surface area contributed by atoms with E-state index >= 15 is 0 Å². The maximum atomic E-state index is 8.44. The van der Waals surface area contributed by atoms with Crippen LogP contribution in [0.3, 0.4) is 0 Å². The summed E-state index contributed by atoms with van der Waals surface area (Å²) in [5, 5.41) is 8.44. The molecule has 0 fully saturated rings. The topological polar surface area (TPSA) is 48.9 Å². The predicted molar refractivity (Wildman–Crippen MR) is 46.7 cm³/mol. The first-order chi connectivity index (χ1) is 5.89.